The van der Waals surface area contributed by atoms with Crippen molar-refractivity contribution in [3.05, 3.63) is 27.7 Å². The number of methoxy groups -OCH3 is 1. The zero-order valence-electron chi connectivity index (χ0n) is 9.98. The van der Waals surface area contributed by atoms with E-state index in [9.17, 15) is 13.2 Å². The Morgan fingerprint density at radius 3 is 2.44 bits per heavy atom. The highest BCUT2D eigenvalue weighted by atomic mass is 79.9. The molecular formula is C12H15BrF3NO. The van der Waals surface area contributed by atoms with Gasteiger partial charge in [0.15, 0.2) is 0 Å². The van der Waals surface area contributed by atoms with E-state index in [-0.39, 0.29) is 5.75 Å². The number of benzene rings is 1. The summed E-state index contributed by atoms with van der Waals surface area (Å²) in [5, 5.41) is 0. The van der Waals surface area contributed by atoms with E-state index in [1.54, 1.807) is 6.07 Å². The molecule has 0 aliphatic rings. The second-order valence-electron chi connectivity index (χ2n) is 3.89. The molecule has 0 aromatic heterocycles. The summed E-state index contributed by atoms with van der Waals surface area (Å²) >= 11 is 3.10. The van der Waals surface area contributed by atoms with Gasteiger partial charge in [-0.15, -0.1) is 0 Å². The first kappa shape index (κ1) is 15.3. The molecule has 0 saturated carbocycles. The maximum Gasteiger partial charge on any atom is 0.420 e. The van der Waals surface area contributed by atoms with E-state index in [1.165, 1.54) is 7.11 Å². The number of halogens is 4. The Bertz CT molecular complexity index is 407. The minimum atomic E-state index is -4.42. The normalized spacial score (nSPS) is 11.7. The maximum atomic E-state index is 12.9. The van der Waals surface area contributed by atoms with Gasteiger partial charge in [0.25, 0.3) is 0 Å². The van der Waals surface area contributed by atoms with Crippen molar-refractivity contribution in [2.75, 3.05) is 13.7 Å². The Balaban J connectivity index is 3.12. The number of ether oxygens (including phenoxy) is 1. The monoisotopic (exact) mass is 325 g/mol. The molecule has 102 valence electrons. The molecule has 1 rings (SSSR count). The van der Waals surface area contributed by atoms with E-state index in [1.807, 2.05) is 0 Å². The molecule has 0 amide bonds. The van der Waals surface area contributed by atoms with Gasteiger partial charge in [-0.2, -0.15) is 13.2 Å². The van der Waals surface area contributed by atoms with Crippen LogP contribution in [0.1, 0.15) is 24.0 Å². The predicted octanol–water partition coefficient (Wildman–Crippen LogP) is 3.76. The topological polar surface area (TPSA) is 35.2 Å². The van der Waals surface area contributed by atoms with Crippen LogP contribution in [-0.4, -0.2) is 13.7 Å². The Kier molecular flexibility index (Phi) is 5.47. The van der Waals surface area contributed by atoms with Crippen LogP contribution in [0.2, 0.25) is 0 Å². The van der Waals surface area contributed by atoms with Gasteiger partial charge in [0, 0.05) is 4.47 Å². The molecule has 18 heavy (non-hydrogen) atoms. The molecule has 0 aliphatic carbocycles. The van der Waals surface area contributed by atoms with Crippen molar-refractivity contribution >= 4 is 15.9 Å². The fraction of sp³-hybridized carbons (Fsp3) is 0.500. The Morgan fingerprint density at radius 1 is 1.28 bits per heavy atom. The van der Waals surface area contributed by atoms with Gasteiger partial charge in [-0.05, 0) is 43.5 Å². The standard InChI is InChI=1S/C12H15BrF3NO/c1-18-11-8(4-2-3-5-17)6-9(13)7-10(11)12(14,15)16/h6-7H,2-5,17H2,1H3. The SMILES string of the molecule is COc1c(CCCCN)cc(Br)cc1C(F)(F)F. The molecule has 0 spiro atoms. The summed E-state index contributed by atoms with van der Waals surface area (Å²) in [6, 6.07) is 2.69. The predicted molar refractivity (Wildman–Crippen MR) is 67.7 cm³/mol. The minimum Gasteiger partial charge on any atom is -0.496 e. The van der Waals surface area contributed by atoms with Crippen LogP contribution in [0.25, 0.3) is 0 Å². The van der Waals surface area contributed by atoms with Crippen LogP contribution < -0.4 is 10.5 Å². The van der Waals surface area contributed by atoms with Crippen LogP contribution in [0, 0.1) is 0 Å². The lowest BCUT2D eigenvalue weighted by Gasteiger charge is -2.16. The van der Waals surface area contributed by atoms with Crippen LogP contribution in [0.15, 0.2) is 16.6 Å². The van der Waals surface area contributed by atoms with Gasteiger partial charge in [0.1, 0.15) is 5.75 Å². The number of hydrogen-bond donors (Lipinski definition) is 1. The summed E-state index contributed by atoms with van der Waals surface area (Å²) in [6.07, 6.45) is -2.39. The first-order valence-electron chi connectivity index (χ1n) is 5.53. The number of alkyl halides is 3. The molecule has 0 atom stereocenters. The van der Waals surface area contributed by atoms with Crippen LogP contribution in [0.5, 0.6) is 5.75 Å². The third-order valence-corrected chi connectivity index (χ3v) is 3.00. The Morgan fingerprint density at radius 2 is 1.94 bits per heavy atom. The zero-order chi connectivity index (χ0) is 13.8. The quantitative estimate of drug-likeness (QED) is 0.836. The van der Waals surface area contributed by atoms with E-state index in [2.05, 4.69) is 15.9 Å². The summed E-state index contributed by atoms with van der Waals surface area (Å²) in [5.41, 5.74) is 5.17. The first-order valence-corrected chi connectivity index (χ1v) is 6.33. The van der Waals surface area contributed by atoms with Crippen molar-refractivity contribution in [1.82, 2.24) is 0 Å². The van der Waals surface area contributed by atoms with Crippen LogP contribution in [0.4, 0.5) is 13.2 Å². The molecule has 0 fully saturated rings. The average molecular weight is 326 g/mol. The molecule has 2 nitrogen and oxygen atoms in total. The lowest BCUT2D eigenvalue weighted by Crippen LogP contribution is -2.10. The molecule has 0 unspecified atom stereocenters. The minimum absolute atomic E-state index is 0.0947. The van der Waals surface area contributed by atoms with E-state index in [0.717, 1.165) is 18.9 Å². The maximum absolute atomic E-state index is 12.9. The van der Waals surface area contributed by atoms with Crippen LogP contribution >= 0.6 is 15.9 Å². The number of nitrogens with two attached hydrogens (primary N) is 1. The number of hydrogen-bond acceptors (Lipinski definition) is 2. The lowest BCUT2D eigenvalue weighted by molar-refractivity contribution is -0.138. The van der Waals surface area contributed by atoms with E-state index in [4.69, 9.17) is 10.5 Å². The van der Waals surface area contributed by atoms with Crippen molar-refractivity contribution in [3.8, 4) is 5.75 Å². The third kappa shape index (κ3) is 3.88. The summed E-state index contributed by atoms with van der Waals surface area (Å²) in [6.45, 7) is 0.530. The highest BCUT2D eigenvalue weighted by molar-refractivity contribution is 9.10. The summed E-state index contributed by atoms with van der Waals surface area (Å²) < 4.78 is 43.9. The largest absolute Gasteiger partial charge is 0.496 e. The second-order valence-corrected chi connectivity index (χ2v) is 4.80. The fourth-order valence-electron chi connectivity index (χ4n) is 1.75. The van der Waals surface area contributed by atoms with Crippen molar-refractivity contribution in [2.45, 2.75) is 25.4 Å². The molecule has 0 radical (unpaired) electrons. The van der Waals surface area contributed by atoms with E-state index < -0.39 is 11.7 Å². The smallest absolute Gasteiger partial charge is 0.420 e. The van der Waals surface area contributed by atoms with Crippen molar-refractivity contribution in [2.24, 2.45) is 5.73 Å². The van der Waals surface area contributed by atoms with Crippen LogP contribution in [-0.2, 0) is 12.6 Å². The molecule has 0 heterocycles. The molecule has 0 aliphatic heterocycles. The van der Waals surface area contributed by atoms with Crippen molar-refractivity contribution < 1.29 is 17.9 Å². The van der Waals surface area contributed by atoms with E-state index in [0.29, 0.717) is 23.0 Å². The zero-order valence-corrected chi connectivity index (χ0v) is 11.6. The summed E-state index contributed by atoms with van der Waals surface area (Å²) in [5.74, 6) is -0.0947. The van der Waals surface area contributed by atoms with Crippen molar-refractivity contribution in [1.29, 1.82) is 0 Å². The number of unbranched alkanes of at least 4 members (excludes halogenated alkanes) is 1. The highest BCUT2D eigenvalue weighted by Gasteiger charge is 2.35. The van der Waals surface area contributed by atoms with Gasteiger partial charge in [-0.1, -0.05) is 15.9 Å². The molecule has 0 saturated heterocycles. The summed E-state index contributed by atoms with van der Waals surface area (Å²) in [7, 11) is 1.25. The molecule has 6 heteroatoms. The molecule has 1 aromatic carbocycles. The van der Waals surface area contributed by atoms with E-state index >= 15 is 0 Å². The van der Waals surface area contributed by atoms with Gasteiger partial charge < -0.3 is 10.5 Å². The number of aryl methyl sites for hydroxylation is 1. The van der Waals surface area contributed by atoms with Gasteiger partial charge >= 0.3 is 6.18 Å². The van der Waals surface area contributed by atoms with Gasteiger partial charge in [-0.25, -0.2) is 0 Å². The number of rotatable bonds is 5. The fourth-order valence-corrected chi connectivity index (χ4v) is 2.25. The van der Waals surface area contributed by atoms with Gasteiger partial charge in [-0.3, -0.25) is 0 Å². The third-order valence-electron chi connectivity index (χ3n) is 2.54. The van der Waals surface area contributed by atoms with Crippen LogP contribution in [0.3, 0.4) is 0 Å². The molecular weight excluding hydrogens is 311 g/mol. The van der Waals surface area contributed by atoms with Gasteiger partial charge in [0.05, 0.1) is 12.7 Å². The second kappa shape index (κ2) is 6.43. The lowest BCUT2D eigenvalue weighted by atomic mass is 10.0. The van der Waals surface area contributed by atoms with Crippen molar-refractivity contribution in [3.63, 3.8) is 0 Å². The molecule has 1 aromatic rings. The molecule has 0 bridgehead atoms. The highest BCUT2D eigenvalue weighted by Crippen LogP contribution is 2.40. The average Bonchev–Trinajstić information content (AvgIpc) is 2.27. The summed E-state index contributed by atoms with van der Waals surface area (Å²) in [4.78, 5) is 0. The Labute approximate surface area is 112 Å². The Hall–Kier alpha value is -0.750. The van der Waals surface area contributed by atoms with Gasteiger partial charge in [0.2, 0.25) is 0 Å². The first-order chi connectivity index (χ1) is 8.40. The molecule has 2 N–H and O–H groups in total.